The van der Waals surface area contributed by atoms with Crippen molar-refractivity contribution >= 4 is 15.9 Å². The summed E-state index contributed by atoms with van der Waals surface area (Å²) in [6.45, 7) is 2.89. The first-order valence-electron chi connectivity index (χ1n) is 6.18. The maximum atomic E-state index is 10.6. The minimum atomic E-state index is -0.609. The maximum Gasteiger partial charge on any atom is 0.133 e. The van der Waals surface area contributed by atoms with Gasteiger partial charge in [0.25, 0.3) is 0 Å². The second-order valence-electron chi connectivity index (χ2n) is 5.34. The minimum absolute atomic E-state index is 0.441. The van der Waals surface area contributed by atoms with Crippen LogP contribution in [0.25, 0.3) is 0 Å². The molecule has 0 spiro atoms. The summed E-state index contributed by atoms with van der Waals surface area (Å²) < 4.78 is 6.15. The summed E-state index contributed by atoms with van der Waals surface area (Å²) in [6, 6.07) is 6.42. The molecular weight excluding hydrogens is 294 g/mol. The van der Waals surface area contributed by atoms with Gasteiger partial charge in [-0.15, -0.1) is 0 Å². The third kappa shape index (κ3) is 2.87. The molecule has 1 N–H and O–H groups in total. The predicted octanol–water partition coefficient (Wildman–Crippen LogP) is 2.46. The number of likely N-dealkylation sites (tertiary alicyclic amines) is 1. The van der Waals surface area contributed by atoms with Gasteiger partial charge in [-0.05, 0) is 54.0 Å². The zero-order chi connectivity index (χ0) is 13.3. The van der Waals surface area contributed by atoms with Gasteiger partial charge < -0.3 is 14.7 Å². The molecule has 1 aliphatic rings. The average Bonchev–Trinajstić information content (AvgIpc) is 2.52. The number of β-amino-alcohol motifs (C(OH)–C–C–N with tert-alkyl or cyclic N) is 1. The summed E-state index contributed by atoms with van der Waals surface area (Å²) in [5, 5.41) is 10.6. The summed E-state index contributed by atoms with van der Waals surface area (Å²) in [4.78, 5) is 2.21. The molecule has 1 fully saturated rings. The van der Waals surface area contributed by atoms with Crippen molar-refractivity contribution in [3.63, 3.8) is 0 Å². The van der Waals surface area contributed by atoms with Crippen LogP contribution in [-0.2, 0) is 6.42 Å². The number of nitrogens with zero attached hydrogens (tertiary/aromatic N) is 1. The van der Waals surface area contributed by atoms with E-state index in [2.05, 4.69) is 34.8 Å². The van der Waals surface area contributed by atoms with Crippen LogP contribution >= 0.6 is 15.9 Å². The van der Waals surface area contributed by atoms with E-state index < -0.39 is 5.60 Å². The molecule has 1 aliphatic heterocycles. The summed E-state index contributed by atoms with van der Waals surface area (Å²) in [5.41, 5.74) is 0.523. The molecule has 0 saturated carbocycles. The van der Waals surface area contributed by atoms with Gasteiger partial charge in [-0.2, -0.15) is 0 Å². The molecule has 0 radical (unpaired) electrons. The molecule has 4 heteroatoms. The number of aliphatic hydroxyl groups is 1. The van der Waals surface area contributed by atoms with Crippen molar-refractivity contribution < 1.29 is 9.84 Å². The van der Waals surface area contributed by atoms with E-state index in [4.69, 9.17) is 4.74 Å². The predicted molar refractivity (Wildman–Crippen MR) is 76.1 cm³/mol. The Morgan fingerprint density at radius 3 is 2.78 bits per heavy atom. The van der Waals surface area contributed by atoms with Crippen molar-refractivity contribution in [1.82, 2.24) is 4.90 Å². The molecule has 1 heterocycles. The molecule has 18 heavy (non-hydrogen) atoms. The Hall–Kier alpha value is -0.580. The molecule has 0 aromatic heterocycles. The Kier molecular flexibility index (Phi) is 3.99. The zero-order valence-electron chi connectivity index (χ0n) is 11.1. The quantitative estimate of drug-likeness (QED) is 0.930. The van der Waals surface area contributed by atoms with E-state index in [-0.39, 0.29) is 0 Å². The lowest BCUT2D eigenvalue weighted by atomic mass is 9.92. The van der Waals surface area contributed by atoms with Crippen molar-refractivity contribution in [1.29, 1.82) is 0 Å². The van der Waals surface area contributed by atoms with Gasteiger partial charge in [-0.25, -0.2) is 0 Å². The maximum absolute atomic E-state index is 10.6. The molecular formula is C14H20BrNO2. The normalized spacial score (nSPS) is 28.6. The van der Waals surface area contributed by atoms with Crippen LogP contribution in [0.4, 0.5) is 0 Å². The molecule has 0 aliphatic carbocycles. The van der Waals surface area contributed by atoms with Crippen LogP contribution in [0.5, 0.6) is 5.75 Å². The Morgan fingerprint density at radius 2 is 2.28 bits per heavy atom. The average molecular weight is 314 g/mol. The Balaban J connectivity index is 2.12. The second-order valence-corrected chi connectivity index (χ2v) is 6.19. The van der Waals surface area contributed by atoms with Gasteiger partial charge in [-0.3, -0.25) is 0 Å². The number of halogens is 1. The molecule has 1 saturated heterocycles. The van der Waals surface area contributed by atoms with Crippen LogP contribution in [0.2, 0.25) is 0 Å². The Bertz CT molecular complexity index is 426. The number of rotatable bonds is 3. The first-order valence-corrected chi connectivity index (χ1v) is 6.98. The third-order valence-corrected chi connectivity index (χ3v) is 4.34. The fraction of sp³-hybridized carbons (Fsp3) is 0.571. The summed E-state index contributed by atoms with van der Waals surface area (Å²) >= 11 is 3.48. The van der Waals surface area contributed by atoms with Gasteiger partial charge >= 0.3 is 0 Å². The fourth-order valence-corrected chi connectivity index (χ4v) is 3.31. The van der Waals surface area contributed by atoms with Crippen molar-refractivity contribution in [2.75, 3.05) is 20.7 Å². The first-order chi connectivity index (χ1) is 8.43. The standard InChI is InChI=1S/C14H20BrNO2/c1-10-7-14(17,9-16(10)2)8-11-4-5-13(18-3)12(15)6-11/h4-6,10,17H,7-9H2,1-3H3. The number of hydrogen-bond donors (Lipinski definition) is 1. The number of likely N-dealkylation sites (N-methyl/N-ethyl adjacent to an activating group) is 1. The minimum Gasteiger partial charge on any atom is -0.496 e. The number of ether oxygens (including phenoxy) is 1. The third-order valence-electron chi connectivity index (χ3n) is 3.72. The highest BCUT2D eigenvalue weighted by atomic mass is 79.9. The molecule has 0 amide bonds. The highest BCUT2D eigenvalue weighted by Crippen LogP contribution is 2.31. The number of hydrogen-bond acceptors (Lipinski definition) is 3. The Morgan fingerprint density at radius 1 is 1.56 bits per heavy atom. The van der Waals surface area contributed by atoms with E-state index in [1.165, 1.54) is 0 Å². The lowest BCUT2D eigenvalue weighted by Crippen LogP contribution is -2.34. The number of benzene rings is 1. The van der Waals surface area contributed by atoms with Crippen LogP contribution in [0, 0.1) is 0 Å². The van der Waals surface area contributed by atoms with E-state index in [1.807, 2.05) is 18.2 Å². The lowest BCUT2D eigenvalue weighted by molar-refractivity contribution is 0.0520. The van der Waals surface area contributed by atoms with Gasteiger partial charge in [0.05, 0.1) is 17.2 Å². The van der Waals surface area contributed by atoms with Gasteiger partial charge in [-0.1, -0.05) is 6.07 Å². The molecule has 0 bridgehead atoms. The van der Waals surface area contributed by atoms with Gasteiger partial charge in [0.15, 0.2) is 0 Å². The number of methoxy groups -OCH3 is 1. The Labute approximate surface area is 117 Å². The lowest BCUT2D eigenvalue weighted by Gasteiger charge is -2.22. The van der Waals surface area contributed by atoms with Crippen LogP contribution in [-0.4, -0.2) is 42.4 Å². The smallest absolute Gasteiger partial charge is 0.133 e. The van der Waals surface area contributed by atoms with E-state index in [0.717, 1.165) is 28.8 Å². The highest BCUT2D eigenvalue weighted by Gasteiger charge is 2.38. The first kappa shape index (κ1) is 13.8. The molecule has 2 atom stereocenters. The molecule has 100 valence electrons. The SMILES string of the molecule is COc1ccc(CC2(O)CC(C)N(C)C2)cc1Br. The van der Waals surface area contributed by atoms with E-state index >= 15 is 0 Å². The van der Waals surface area contributed by atoms with Gasteiger partial charge in [0.2, 0.25) is 0 Å². The van der Waals surface area contributed by atoms with Crippen molar-refractivity contribution in [2.45, 2.75) is 31.4 Å². The molecule has 2 rings (SSSR count). The van der Waals surface area contributed by atoms with Crippen LogP contribution < -0.4 is 4.74 Å². The van der Waals surface area contributed by atoms with Gasteiger partial charge in [0.1, 0.15) is 5.75 Å². The van der Waals surface area contributed by atoms with Crippen molar-refractivity contribution in [3.8, 4) is 5.75 Å². The fourth-order valence-electron chi connectivity index (χ4n) is 2.72. The molecule has 3 nitrogen and oxygen atoms in total. The monoisotopic (exact) mass is 313 g/mol. The summed E-state index contributed by atoms with van der Waals surface area (Å²) in [7, 11) is 3.72. The topological polar surface area (TPSA) is 32.7 Å². The highest BCUT2D eigenvalue weighted by molar-refractivity contribution is 9.10. The molecule has 2 unspecified atom stereocenters. The van der Waals surface area contributed by atoms with Gasteiger partial charge in [0, 0.05) is 19.0 Å². The van der Waals surface area contributed by atoms with E-state index in [9.17, 15) is 5.11 Å². The summed E-state index contributed by atoms with van der Waals surface area (Å²) in [5.74, 6) is 0.822. The van der Waals surface area contributed by atoms with Crippen LogP contribution in [0.3, 0.4) is 0 Å². The molecule has 1 aromatic rings. The zero-order valence-corrected chi connectivity index (χ0v) is 12.7. The second kappa shape index (κ2) is 5.19. The van der Waals surface area contributed by atoms with Crippen LogP contribution in [0.15, 0.2) is 22.7 Å². The van der Waals surface area contributed by atoms with Crippen molar-refractivity contribution in [3.05, 3.63) is 28.2 Å². The summed E-state index contributed by atoms with van der Waals surface area (Å²) in [6.07, 6.45) is 1.51. The van der Waals surface area contributed by atoms with E-state index in [0.29, 0.717) is 12.5 Å². The van der Waals surface area contributed by atoms with Crippen molar-refractivity contribution in [2.24, 2.45) is 0 Å². The molecule has 1 aromatic carbocycles. The largest absolute Gasteiger partial charge is 0.496 e. The van der Waals surface area contributed by atoms with Crippen LogP contribution in [0.1, 0.15) is 18.9 Å². The van der Waals surface area contributed by atoms with E-state index in [1.54, 1.807) is 7.11 Å².